The highest BCUT2D eigenvalue weighted by molar-refractivity contribution is 8.00. The van der Waals surface area contributed by atoms with Crippen molar-refractivity contribution < 1.29 is 13.9 Å². The Balaban J connectivity index is 1.25. The number of rotatable bonds is 8. The SMILES string of the molecule is COc1ccccc1NC(=O)Nc1ncc(SCc2ncc(CC3CCCCC3)o2)s1. The zero-order chi connectivity index (χ0) is 21.5. The Hall–Kier alpha value is -2.52. The number of nitrogens with one attached hydrogen (secondary N) is 2. The van der Waals surface area contributed by atoms with Gasteiger partial charge in [-0.2, -0.15) is 0 Å². The molecule has 2 heterocycles. The van der Waals surface area contributed by atoms with Gasteiger partial charge in [-0.05, 0) is 18.1 Å². The number of carbonyl (C=O) groups excluding carboxylic acids is 1. The first kappa shape index (κ1) is 21.7. The second kappa shape index (κ2) is 10.7. The molecule has 9 heteroatoms. The van der Waals surface area contributed by atoms with E-state index in [-0.39, 0.29) is 6.03 Å². The second-order valence-electron chi connectivity index (χ2n) is 7.48. The number of ether oxygens (including phenoxy) is 1. The van der Waals surface area contributed by atoms with Crippen molar-refractivity contribution in [2.75, 3.05) is 17.7 Å². The smallest absolute Gasteiger partial charge is 0.325 e. The minimum absolute atomic E-state index is 0.365. The standard InChI is InChI=1S/C22H26N4O3S2/c1-28-18-10-6-5-9-17(18)25-21(27)26-22-24-13-20(31-22)30-14-19-23-12-16(29-19)11-15-7-3-2-4-8-15/h5-6,9-10,12-13,15H,2-4,7-8,11,14H2,1H3,(H2,24,25,26,27). The van der Waals surface area contributed by atoms with Gasteiger partial charge in [0.2, 0.25) is 5.89 Å². The zero-order valence-corrected chi connectivity index (χ0v) is 19.1. The summed E-state index contributed by atoms with van der Waals surface area (Å²) in [5.74, 6) is 3.69. The lowest BCUT2D eigenvalue weighted by Gasteiger charge is -2.19. The Kier molecular flexibility index (Phi) is 7.48. The molecule has 0 aliphatic heterocycles. The largest absolute Gasteiger partial charge is 0.495 e. The molecule has 1 aromatic carbocycles. The van der Waals surface area contributed by atoms with Gasteiger partial charge in [-0.25, -0.2) is 14.8 Å². The zero-order valence-electron chi connectivity index (χ0n) is 17.4. The fourth-order valence-corrected chi connectivity index (χ4v) is 5.42. The van der Waals surface area contributed by atoms with Gasteiger partial charge in [0.15, 0.2) is 5.13 Å². The van der Waals surface area contributed by atoms with Gasteiger partial charge < -0.3 is 14.5 Å². The number of anilines is 2. The van der Waals surface area contributed by atoms with Crippen molar-refractivity contribution >= 4 is 39.9 Å². The molecule has 1 fully saturated rings. The molecule has 2 amide bonds. The van der Waals surface area contributed by atoms with E-state index in [1.807, 2.05) is 18.3 Å². The molecule has 1 aliphatic rings. The normalized spacial score (nSPS) is 14.4. The molecule has 4 rings (SSSR count). The maximum Gasteiger partial charge on any atom is 0.325 e. The molecule has 31 heavy (non-hydrogen) atoms. The van der Waals surface area contributed by atoms with Crippen LogP contribution in [0.15, 0.2) is 45.3 Å². The number of carbonyl (C=O) groups is 1. The van der Waals surface area contributed by atoms with Gasteiger partial charge in [0.05, 0.1) is 35.2 Å². The molecule has 3 aromatic rings. The number of amides is 2. The van der Waals surface area contributed by atoms with E-state index in [0.29, 0.717) is 22.3 Å². The molecule has 0 bridgehead atoms. The average Bonchev–Trinajstić information content (AvgIpc) is 3.42. The topological polar surface area (TPSA) is 89.3 Å². The average molecular weight is 459 g/mol. The summed E-state index contributed by atoms with van der Waals surface area (Å²) >= 11 is 3.01. The molecule has 0 spiro atoms. The van der Waals surface area contributed by atoms with Crippen molar-refractivity contribution in [1.29, 1.82) is 0 Å². The predicted molar refractivity (Wildman–Crippen MR) is 124 cm³/mol. The van der Waals surface area contributed by atoms with Crippen molar-refractivity contribution in [3.63, 3.8) is 0 Å². The van der Waals surface area contributed by atoms with Crippen molar-refractivity contribution in [1.82, 2.24) is 9.97 Å². The molecule has 1 aliphatic carbocycles. The summed E-state index contributed by atoms with van der Waals surface area (Å²) in [6, 6.07) is 6.88. The molecule has 0 saturated heterocycles. The van der Waals surface area contributed by atoms with E-state index in [2.05, 4.69) is 20.6 Å². The van der Waals surface area contributed by atoms with Crippen molar-refractivity contribution in [2.24, 2.45) is 5.92 Å². The van der Waals surface area contributed by atoms with Gasteiger partial charge in [-0.3, -0.25) is 5.32 Å². The van der Waals surface area contributed by atoms with Crippen LogP contribution in [0.1, 0.15) is 43.8 Å². The van der Waals surface area contributed by atoms with Crippen LogP contribution in [0.2, 0.25) is 0 Å². The molecule has 164 valence electrons. The third-order valence-electron chi connectivity index (χ3n) is 5.21. The first-order chi connectivity index (χ1) is 15.2. The fourth-order valence-electron chi connectivity index (χ4n) is 3.70. The molecule has 0 radical (unpaired) electrons. The molecule has 2 aromatic heterocycles. The maximum absolute atomic E-state index is 12.3. The Labute approximate surface area is 190 Å². The predicted octanol–water partition coefficient (Wildman–Crippen LogP) is 6.20. The summed E-state index contributed by atoms with van der Waals surface area (Å²) < 4.78 is 12.2. The number of methoxy groups -OCH3 is 1. The van der Waals surface area contributed by atoms with Gasteiger partial charge in [0.1, 0.15) is 11.5 Å². The van der Waals surface area contributed by atoms with Crippen LogP contribution >= 0.6 is 23.1 Å². The fraction of sp³-hybridized carbons (Fsp3) is 0.409. The molecule has 7 nitrogen and oxygen atoms in total. The number of urea groups is 1. The summed E-state index contributed by atoms with van der Waals surface area (Å²) in [5.41, 5.74) is 0.599. The van der Waals surface area contributed by atoms with E-state index >= 15 is 0 Å². The molecular formula is C22H26N4O3S2. The summed E-state index contributed by atoms with van der Waals surface area (Å²) in [6.45, 7) is 0. The number of aromatic nitrogens is 2. The Bertz CT molecular complexity index is 998. The third kappa shape index (κ3) is 6.24. The van der Waals surface area contributed by atoms with Gasteiger partial charge >= 0.3 is 6.03 Å². The summed E-state index contributed by atoms with van der Waals surface area (Å²) in [5, 5.41) is 6.06. The lowest BCUT2D eigenvalue weighted by molar-refractivity contribution is 0.262. The van der Waals surface area contributed by atoms with Crippen LogP contribution in [0.3, 0.4) is 0 Å². The number of para-hydroxylation sites is 2. The summed E-state index contributed by atoms with van der Waals surface area (Å²) in [4.78, 5) is 21.0. The minimum atomic E-state index is -0.365. The number of nitrogens with zero attached hydrogens (tertiary/aromatic N) is 2. The van der Waals surface area contributed by atoms with Crippen LogP contribution < -0.4 is 15.4 Å². The van der Waals surface area contributed by atoms with Crippen LogP contribution in [-0.2, 0) is 12.2 Å². The highest BCUT2D eigenvalue weighted by Crippen LogP contribution is 2.32. The van der Waals surface area contributed by atoms with Gasteiger partial charge in [-0.15, -0.1) is 11.8 Å². The van der Waals surface area contributed by atoms with E-state index < -0.39 is 0 Å². The Morgan fingerprint density at radius 2 is 2.03 bits per heavy atom. The van der Waals surface area contributed by atoms with Crippen LogP contribution in [0.25, 0.3) is 0 Å². The van der Waals surface area contributed by atoms with Gasteiger partial charge in [0, 0.05) is 6.42 Å². The quantitative estimate of drug-likeness (QED) is 0.391. The summed E-state index contributed by atoms with van der Waals surface area (Å²) in [6.07, 6.45) is 11.2. The number of hydrogen-bond donors (Lipinski definition) is 2. The van der Waals surface area contributed by atoms with Crippen LogP contribution in [0.5, 0.6) is 5.75 Å². The van der Waals surface area contributed by atoms with Gasteiger partial charge in [-0.1, -0.05) is 55.6 Å². The number of hydrogen-bond acceptors (Lipinski definition) is 7. The van der Waals surface area contributed by atoms with E-state index in [9.17, 15) is 4.79 Å². The number of thiazole rings is 1. The molecule has 1 saturated carbocycles. The highest BCUT2D eigenvalue weighted by atomic mass is 32.2. The molecule has 0 atom stereocenters. The van der Waals surface area contributed by atoms with E-state index in [1.54, 1.807) is 37.2 Å². The minimum Gasteiger partial charge on any atom is -0.495 e. The third-order valence-corrected chi connectivity index (χ3v) is 7.31. The van der Waals surface area contributed by atoms with Crippen molar-refractivity contribution in [3.05, 3.63) is 48.3 Å². The van der Waals surface area contributed by atoms with Crippen LogP contribution in [0.4, 0.5) is 15.6 Å². The van der Waals surface area contributed by atoms with Crippen LogP contribution in [0, 0.1) is 5.92 Å². The first-order valence-electron chi connectivity index (χ1n) is 10.4. The Morgan fingerprint density at radius 3 is 2.87 bits per heavy atom. The number of oxazole rings is 1. The van der Waals surface area contributed by atoms with E-state index in [1.165, 1.54) is 43.4 Å². The second-order valence-corrected chi connectivity index (χ2v) is 9.79. The van der Waals surface area contributed by atoms with Crippen molar-refractivity contribution in [3.8, 4) is 5.75 Å². The highest BCUT2D eigenvalue weighted by Gasteiger charge is 2.16. The van der Waals surface area contributed by atoms with Crippen molar-refractivity contribution in [2.45, 2.75) is 48.5 Å². The lowest BCUT2D eigenvalue weighted by atomic mass is 9.86. The molecule has 2 N–H and O–H groups in total. The van der Waals surface area contributed by atoms with Gasteiger partial charge in [0.25, 0.3) is 0 Å². The molecule has 0 unspecified atom stereocenters. The molecular weight excluding hydrogens is 432 g/mol. The number of thioether (sulfide) groups is 1. The van der Waals surface area contributed by atoms with E-state index in [0.717, 1.165) is 28.2 Å². The number of benzene rings is 1. The maximum atomic E-state index is 12.3. The van der Waals surface area contributed by atoms with E-state index in [4.69, 9.17) is 9.15 Å². The Morgan fingerprint density at radius 1 is 1.19 bits per heavy atom. The van der Waals surface area contributed by atoms with Crippen LogP contribution in [-0.4, -0.2) is 23.1 Å². The first-order valence-corrected chi connectivity index (χ1v) is 12.2. The lowest BCUT2D eigenvalue weighted by Crippen LogP contribution is -2.19. The summed E-state index contributed by atoms with van der Waals surface area (Å²) in [7, 11) is 1.57. The monoisotopic (exact) mass is 458 g/mol.